The number of hydrogen-bond acceptors (Lipinski definition) is 3. The topological polar surface area (TPSA) is 60.7 Å². The van der Waals surface area contributed by atoms with Gasteiger partial charge < -0.3 is 15.3 Å². The highest BCUT2D eigenvalue weighted by atomic mass is 16.3. The van der Waals surface area contributed by atoms with Gasteiger partial charge in [-0.05, 0) is 110 Å². The van der Waals surface area contributed by atoms with Crippen molar-refractivity contribution in [2.24, 2.45) is 46.3 Å². The Morgan fingerprint density at radius 2 is 1.67 bits per heavy atom. The van der Waals surface area contributed by atoms with E-state index in [2.05, 4.69) is 34.6 Å². The van der Waals surface area contributed by atoms with E-state index >= 15 is 0 Å². The summed E-state index contributed by atoms with van der Waals surface area (Å²) in [5.74, 6) is 4.37. The van der Waals surface area contributed by atoms with Gasteiger partial charge >= 0.3 is 0 Å². The Morgan fingerprint density at radius 3 is 2.37 bits per heavy atom. The van der Waals surface area contributed by atoms with Crippen molar-refractivity contribution in [2.45, 2.75) is 111 Å². The van der Waals surface area contributed by atoms with E-state index < -0.39 is 0 Å². The molecule has 3 saturated carbocycles. The number of rotatable bonds is 5. The molecule has 0 aliphatic heterocycles. The molecule has 1 unspecified atom stereocenters. The predicted octanol–water partition coefficient (Wildman–Crippen LogP) is 6.25. The largest absolute Gasteiger partial charge is 0.512 e. The van der Waals surface area contributed by atoms with Crippen LogP contribution in [-0.2, 0) is 0 Å². The van der Waals surface area contributed by atoms with Crippen molar-refractivity contribution in [1.82, 2.24) is 0 Å². The molecule has 9 atom stereocenters. The lowest BCUT2D eigenvalue weighted by atomic mass is 9.46. The second-order valence-electron chi connectivity index (χ2n) is 12.4. The highest BCUT2D eigenvalue weighted by Gasteiger charge is 2.60. The Labute approximate surface area is 184 Å². The summed E-state index contributed by atoms with van der Waals surface area (Å²) in [6.07, 6.45) is 10.3. The van der Waals surface area contributed by atoms with Crippen molar-refractivity contribution in [3.8, 4) is 0 Å². The third-order valence-electron chi connectivity index (χ3n) is 10.6. The zero-order valence-electron chi connectivity index (χ0n) is 20.0. The molecule has 30 heavy (non-hydrogen) atoms. The van der Waals surface area contributed by atoms with Gasteiger partial charge in [0.25, 0.3) is 0 Å². The first-order chi connectivity index (χ1) is 14.1. The van der Waals surface area contributed by atoms with E-state index in [4.69, 9.17) is 0 Å². The SMILES string of the molecule is CC(C)C(O)CC[C@@H](C)[C@H]1CC[C@H]2[C@@H]3CC(O)=C4C[C@@H](O)CC[C@]4(C)[C@H]3CC[C@]12C. The fourth-order valence-corrected chi connectivity index (χ4v) is 8.70. The fraction of sp³-hybridized carbons (Fsp3) is 0.926. The van der Waals surface area contributed by atoms with Crippen LogP contribution in [0.5, 0.6) is 0 Å². The molecule has 4 rings (SSSR count). The van der Waals surface area contributed by atoms with Crippen molar-refractivity contribution in [3.63, 3.8) is 0 Å². The van der Waals surface area contributed by atoms with Crippen LogP contribution >= 0.6 is 0 Å². The molecule has 0 aromatic carbocycles. The quantitative estimate of drug-likeness (QED) is 0.495. The molecule has 0 aromatic rings. The van der Waals surface area contributed by atoms with Crippen LogP contribution in [0, 0.1) is 46.3 Å². The van der Waals surface area contributed by atoms with Crippen LogP contribution in [-0.4, -0.2) is 27.5 Å². The standard InChI is InChI=1S/C27H46O3/c1-16(2)24(29)9-6-17(3)20-7-8-21-19-15-25(30)23-14-18(28)10-12-27(23,5)22(19)11-13-26(20,21)4/h16-22,24,28-30H,6-15H2,1-5H3/t17-,18+,19+,20-,21+,22+,24?,26-,27-/m1/s1. The highest BCUT2D eigenvalue weighted by Crippen LogP contribution is 2.68. The first-order valence-electron chi connectivity index (χ1n) is 12.9. The van der Waals surface area contributed by atoms with Crippen LogP contribution in [0.25, 0.3) is 0 Å². The van der Waals surface area contributed by atoms with Crippen LogP contribution in [0.1, 0.15) is 98.8 Å². The van der Waals surface area contributed by atoms with E-state index in [-0.39, 0.29) is 17.6 Å². The Morgan fingerprint density at radius 1 is 0.933 bits per heavy atom. The van der Waals surface area contributed by atoms with Crippen molar-refractivity contribution in [2.75, 3.05) is 0 Å². The lowest BCUT2D eigenvalue weighted by Gasteiger charge is -2.58. The molecular formula is C27H46O3. The molecule has 0 spiro atoms. The van der Waals surface area contributed by atoms with E-state index in [1.165, 1.54) is 31.3 Å². The van der Waals surface area contributed by atoms with E-state index in [0.717, 1.165) is 38.0 Å². The molecule has 0 heterocycles. The molecule has 3 fully saturated rings. The molecule has 0 bridgehead atoms. The third kappa shape index (κ3) is 3.56. The van der Waals surface area contributed by atoms with Crippen LogP contribution in [0.3, 0.4) is 0 Å². The molecule has 0 amide bonds. The summed E-state index contributed by atoms with van der Waals surface area (Å²) in [7, 11) is 0. The number of aliphatic hydroxyl groups is 3. The number of fused-ring (bicyclic) bond motifs is 5. The average Bonchev–Trinajstić information content (AvgIpc) is 3.04. The van der Waals surface area contributed by atoms with E-state index in [1.54, 1.807) is 0 Å². The molecule has 3 heteroatoms. The molecule has 3 N–H and O–H groups in total. The molecule has 0 radical (unpaired) electrons. The normalized spacial score (nSPS) is 45.7. The maximum atomic E-state index is 11.0. The summed E-state index contributed by atoms with van der Waals surface area (Å²) in [6, 6.07) is 0. The average molecular weight is 419 g/mol. The first kappa shape index (κ1) is 22.6. The summed E-state index contributed by atoms with van der Waals surface area (Å²) in [5.41, 5.74) is 1.67. The zero-order valence-corrected chi connectivity index (χ0v) is 20.0. The molecule has 4 aliphatic rings. The van der Waals surface area contributed by atoms with Gasteiger partial charge in [-0.3, -0.25) is 0 Å². The van der Waals surface area contributed by atoms with Gasteiger partial charge in [-0.15, -0.1) is 0 Å². The van der Waals surface area contributed by atoms with Gasteiger partial charge in [-0.25, -0.2) is 0 Å². The Kier molecular flexibility index (Phi) is 6.12. The fourth-order valence-electron chi connectivity index (χ4n) is 8.70. The molecule has 0 saturated heterocycles. The zero-order chi connectivity index (χ0) is 21.8. The van der Waals surface area contributed by atoms with Gasteiger partial charge in [0.1, 0.15) is 0 Å². The predicted molar refractivity (Wildman–Crippen MR) is 122 cm³/mol. The molecular weight excluding hydrogens is 372 g/mol. The monoisotopic (exact) mass is 418 g/mol. The molecule has 172 valence electrons. The summed E-state index contributed by atoms with van der Waals surface area (Å²) < 4.78 is 0. The number of aliphatic hydroxyl groups excluding tert-OH is 3. The number of hydrogen-bond donors (Lipinski definition) is 3. The maximum Gasteiger partial charge on any atom is 0.0924 e. The van der Waals surface area contributed by atoms with Crippen LogP contribution in [0.4, 0.5) is 0 Å². The van der Waals surface area contributed by atoms with Gasteiger partial charge in [0, 0.05) is 6.42 Å². The van der Waals surface area contributed by atoms with Crippen molar-refractivity contribution < 1.29 is 15.3 Å². The van der Waals surface area contributed by atoms with E-state index in [9.17, 15) is 15.3 Å². The summed E-state index contributed by atoms with van der Waals surface area (Å²) >= 11 is 0. The van der Waals surface area contributed by atoms with Gasteiger partial charge in [0.05, 0.1) is 18.0 Å². The molecule has 4 aliphatic carbocycles. The Hall–Kier alpha value is -0.540. The second kappa shape index (κ2) is 8.10. The minimum absolute atomic E-state index is 0.0959. The maximum absolute atomic E-state index is 11.0. The Balaban J connectivity index is 1.52. The molecule has 3 nitrogen and oxygen atoms in total. The van der Waals surface area contributed by atoms with Gasteiger partial charge in [0.15, 0.2) is 0 Å². The second-order valence-corrected chi connectivity index (χ2v) is 12.4. The van der Waals surface area contributed by atoms with Crippen LogP contribution < -0.4 is 0 Å². The van der Waals surface area contributed by atoms with Gasteiger partial charge in [0.2, 0.25) is 0 Å². The highest BCUT2D eigenvalue weighted by molar-refractivity contribution is 5.28. The molecule has 0 aromatic heterocycles. The van der Waals surface area contributed by atoms with Crippen LogP contribution in [0.15, 0.2) is 11.3 Å². The lowest BCUT2D eigenvalue weighted by molar-refractivity contribution is -0.0669. The van der Waals surface area contributed by atoms with Crippen molar-refractivity contribution in [1.29, 1.82) is 0 Å². The van der Waals surface area contributed by atoms with E-state index in [0.29, 0.717) is 47.2 Å². The van der Waals surface area contributed by atoms with Crippen molar-refractivity contribution in [3.05, 3.63) is 11.3 Å². The van der Waals surface area contributed by atoms with Gasteiger partial charge in [-0.1, -0.05) is 34.6 Å². The van der Waals surface area contributed by atoms with Crippen LogP contribution in [0.2, 0.25) is 0 Å². The summed E-state index contributed by atoms with van der Waals surface area (Å²) in [5, 5.41) is 31.6. The first-order valence-corrected chi connectivity index (χ1v) is 12.9. The van der Waals surface area contributed by atoms with E-state index in [1.807, 2.05) is 0 Å². The summed E-state index contributed by atoms with van der Waals surface area (Å²) in [4.78, 5) is 0. The van der Waals surface area contributed by atoms with Gasteiger partial charge in [-0.2, -0.15) is 0 Å². The smallest absolute Gasteiger partial charge is 0.0924 e. The number of allylic oxidation sites excluding steroid dienone is 1. The van der Waals surface area contributed by atoms with Crippen molar-refractivity contribution >= 4 is 0 Å². The Bertz CT molecular complexity index is 669. The minimum Gasteiger partial charge on any atom is -0.512 e. The lowest BCUT2D eigenvalue weighted by Crippen LogP contribution is -2.51. The summed E-state index contributed by atoms with van der Waals surface area (Å²) in [6.45, 7) is 11.6. The minimum atomic E-state index is -0.265. The third-order valence-corrected chi connectivity index (χ3v) is 10.6.